The minimum absolute atomic E-state index is 0.0483. The van der Waals surface area contributed by atoms with Crippen molar-refractivity contribution in [2.45, 2.75) is 17.1 Å². The van der Waals surface area contributed by atoms with Gasteiger partial charge in [0.15, 0.2) is 0 Å². The summed E-state index contributed by atoms with van der Waals surface area (Å²) in [6.45, 7) is 1.67. The van der Waals surface area contributed by atoms with Crippen LogP contribution >= 0.6 is 23.4 Å². The van der Waals surface area contributed by atoms with Gasteiger partial charge in [-0.25, -0.2) is 4.79 Å². The van der Waals surface area contributed by atoms with E-state index in [9.17, 15) is 34.4 Å². The van der Waals surface area contributed by atoms with E-state index in [0.717, 1.165) is 0 Å². The second-order valence-corrected chi connectivity index (χ2v) is 11.3. The lowest BCUT2D eigenvalue weighted by atomic mass is 10.1. The van der Waals surface area contributed by atoms with Gasteiger partial charge >= 0.3 is 5.97 Å². The summed E-state index contributed by atoms with van der Waals surface area (Å²) < 4.78 is 0. The number of thioether (sulfide) groups is 1. The quantitative estimate of drug-likeness (QED) is 0.0623. The summed E-state index contributed by atoms with van der Waals surface area (Å²) in [5, 5.41) is 27.8. The number of carboxylic acid groups (broad SMARTS) is 1. The molecule has 0 fully saturated rings. The second kappa shape index (κ2) is 14.8. The first-order valence-corrected chi connectivity index (χ1v) is 14.5. The molecule has 0 heterocycles. The maximum atomic E-state index is 13.4. The highest BCUT2D eigenvalue weighted by Gasteiger charge is 2.19. The van der Waals surface area contributed by atoms with Crippen LogP contribution in [0.2, 0.25) is 5.02 Å². The topological polar surface area (TPSA) is 168 Å². The van der Waals surface area contributed by atoms with E-state index in [2.05, 4.69) is 16.0 Å². The largest absolute Gasteiger partial charge is 0.478 e. The van der Waals surface area contributed by atoms with Gasteiger partial charge in [0.1, 0.15) is 5.70 Å². The fraction of sp³-hybridized carbons (Fsp3) is 0.0625. The van der Waals surface area contributed by atoms with E-state index < -0.39 is 28.0 Å². The van der Waals surface area contributed by atoms with E-state index in [1.54, 1.807) is 61.5 Å². The Kier molecular flexibility index (Phi) is 10.7. The standard InChI is InChI=1S/C32H25ClN4O7S/c1-19(29(38)34-23-12-15-27(33)26(18-23)32(41)42)45-25-9-5-8-22(17-25)35-31(40)28(36-30(39)21-6-3-2-4-7-21)16-20-10-13-24(14-11-20)37(43)44/h2-19H,1H3,(H,34,38)(H,35,40)(H,36,39)(H,41,42)/b28-16+. The average Bonchev–Trinajstić information content (AvgIpc) is 3.02. The van der Waals surface area contributed by atoms with Crippen LogP contribution in [0.1, 0.15) is 33.2 Å². The maximum absolute atomic E-state index is 13.4. The van der Waals surface area contributed by atoms with Gasteiger partial charge in [-0.2, -0.15) is 0 Å². The smallest absolute Gasteiger partial charge is 0.337 e. The molecule has 4 aromatic carbocycles. The lowest BCUT2D eigenvalue weighted by molar-refractivity contribution is -0.384. The van der Waals surface area contributed by atoms with Crippen LogP contribution in [0.15, 0.2) is 108 Å². The number of halogens is 1. The third-order valence-corrected chi connectivity index (χ3v) is 7.61. The van der Waals surface area contributed by atoms with E-state index in [0.29, 0.717) is 21.7 Å². The molecule has 0 saturated heterocycles. The Morgan fingerprint density at radius 3 is 2.24 bits per heavy atom. The molecule has 45 heavy (non-hydrogen) atoms. The van der Waals surface area contributed by atoms with Crippen LogP contribution in [0, 0.1) is 10.1 Å². The molecule has 4 rings (SSSR count). The van der Waals surface area contributed by atoms with Crippen molar-refractivity contribution in [3.8, 4) is 0 Å². The summed E-state index contributed by atoms with van der Waals surface area (Å²) in [7, 11) is 0. The number of carbonyl (C=O) groups is 4. The molecule has 0 aromatic heterocycles. The van der Waals surface area contributed by atoms with Crippen LogP contribution in [-0.2, 0) is 9.59 Å². The van der Waals surface area contributed by atoms with E-state index >= 15 is 0 Å². The third-order valence-electron chi connectivity index (χ3n) is 6.18. The summed E-state index contributed by atoms with van der Waals surface area (Å²) in [6.07, 6.45) is 1.40. The van der Waals surface area contributed by atoms with Crippen molar-refractivity contribution in [1.82, 2.24) is 5.32 Å². The zero-order chi connectivity index (χ0) is 32.5. The van der Waals surface area contributed by atoms with Crippen molar-refractivity contribution >= 4 is 70.2 Å². The first-order chi connectivity index (χ1) is 21.5. The van der Waals surface area contributed by atoms with E-state index in [1.807, 2.05) is 0 Å². The molecule has 0 spiro atoms. The number of nitro groups is 1. The predicted molar refractivity (Wildman–Crippen MR) is 172 cm³/mol. The zero-order valence-corrected chi connectivity index (χ0v) is 25.1. The highest BCUT2D eigenvalue weighted by Crippen LogP contribution is 2.28. The molecule has 0 aliphatic rings. The van der Waals surface area contributed by atoms with Crippen LogP contribution in [0.25, 0.3) is 6.08 Å². The Balaban J connectivity index is 1.49. The fourth-order valence-corrected chi connectivity index (χ4v) is 5.04. The maximum Gasteiger partial charge on any atom is 0.337 e. The molecule has 0 aliphatic carbocycles. The van der Waals surface area contributed by atoms with Gasteiger partial charge in [-0.3, -0.25) is 24.5 Å². The number of carbonyl (C=O) groups excluding carboxylic acids is 3. The SMILES string of the molecule is CC(Sc1cccc(NC(=O)/C(=C\c2ccc([N+](=O)[O-])cc2)NC(=O)c2ccccc2)c1)C(=O)Nc1ccc(Cl)c(C(=O)O)c1. The van der Waals surface area contributed by atoms with Crippen LogP contribution < -0.4 is 16.0 Å². The van der Waals surface area contributed by atoms with Gasteiger partial charge in [0.05, 0.1) is 20.8 Å². The van der Waals surface area contributed by atoms with Gasteiger partial charge in [-0.1, -0.05) is 35.9 Å². The molecule has 228 valence electrons. The summed E-state index contributed by atoms with van der Waals surface area (Å²) in [5.74, 6) is -2.78. The molecule has 4 aromatic rings. The molecular weight excluding hydrogens is 620 g/mol. The number of amides is 3. The highest BCUT2D eigenvalue weighted by molar-refractivity contribution is 8.00. The van der Waals surface area contributed by atoms with Gasteiger partial charge in [0.25, 0.3) is 17.5 Å². The Morgan fingerprint density at radius 2 is 1.58 bits per heavy atom. The summed E-state index contributed by atoms with van der Waals surface area (Å²) in [5.41, 5.74) is 1.06. The molecule has 0 radical (unpaired) electrons. The normalized spacial score (nSPS) is 11.6. The molecule has 11 nitrogen and oxygen atoms in total. The van der Waals surface area contributed by atoms with E-state index in [4.69, 9.17) is 11.6 Å². The lowest BCUT2D eigenvalue weighted by Crippen LogP contribution is -2.30. The molecule has 1 unspecified atom stereocenters. The molecule has 1 atom stereocenters. The Morgan fingerprint density at radius 1 is 0.889 bits per heavy atom. The Hall–Kier alpha value is -5.46. The number of nitro benzene ring substituents is 1. The number of anilines is 2. The van der Waals surface area contributed by atoms with Crippen molar-refractivity contribution in [3.05, 3.63) is 135 Å². The third kappa shape index (κ3) is 9.02. The Labute approximate surface area is 266 Å². The molecule has 0 saturated carbocycles. The zero-order valence-electron chi connectivity index (χ0n) is 23.5. The van der Waals surface area contributed by atoms with Crippen LogP contribution in [-0.4, -0.2) is 39.0 Å². The molecule has 0 aliphatic heterocycles. The summed E-state index contributed by atoms with van der Waals surface area (Å²) >= 11 is 7.11. The number of nitrogens with one attached hydrogen (secondary N) is 3. The van der Waals surface area contributed by atoms with Crippen molar-refractivity contribution in [2.75, 3.05) is 10.6 Å². The minimum Gasteiger partial charge on any atom is -0.478 e. The minimum atomic E-state index is -1.22. The number of rotatable bonds is 11. The van der Waals surface area contributed by atoms with Crippen molar-refractivity contribution < 1.29 is 29.2 Å². The van der Waals surface area contributed by atoms with Crippen molar-refractivity contribution in [3.63, 3.8) is 0 Å². The highest BCUT2D eigenvalue weighted by atomic mass is 35.5. The van der Waals surface area contributed by atoms with Crippen molar-refractivity contribution in [2.24, 2.45) is 0 Å². The number of hydrogen-bond donors (Lipinski definition) is 4. The van der Waals surface area contributed by atoms with Crippen molar-refractivity contribution in [1.29, 1.82) is 0 Å². The number of aromatic carboxylic acids is 1. The Bertz CT molecular complexity index is 1800. The molecule has 13 heteroatoms. The molecular formula is C32H25ClN4O7S. The van der Waals surface area contributed by atoms with E-state index in [-0.39, 0.29) is 33.6 Å². The number of nitrogens with zero attached hydrogens (tertiary/aromatic N) is 1. The summed E-state index contributed by atoms with van der Waals surface area (Å²) in [4.78, 5) is 61.6. The van der Waals surface area contributed by atoms with E-state index in [1.165, 1.54) is 60.3 Å². The second-order valence-electron chi connectivity index (χ2n) is 9.46. The fourth-order valence-electron chi connectivity index (χ4n) is 3.92. The average molecular weight is 645 g/mol. The van der Waals surface area contributed by atoms with Gasteiger partial charge in [0, 0.05) is 34.0 Å². The number of benzene rings is 4. The molecule has 0 bridgehead atoms. The summed E-state index contributed by atoms with van der Waals surface area (Å²) in [6, 6.07) is 24.7. The lowest BCUT2D eigenvalue weighted by Gasteiger charge is -2.14. The van der Waals surface area contributed by atoms with Gasteiger partial charge < -0.3 is 21.1 Å². The number of hydrogen-bond acceptors (Lipinski definition) is 7. The van der Waals surface area contributed by atoms with Gasteiger partial charge in [-0.05, 0) is 79.2 Å². The molecule has 3 amide bonds. The first kappa shape index (κ1) is 32.5. The van der Waals surface area contributed by atoms with Crippen LogP contribution in [0.4, 0.5) is 17.1 Å². The van der Waals surface area contributed by atoms with Crippen LogP contribution in [0.3, 0.4) is 0 Å². The van der Waals surface area contributed by atoms with Crippen LogP contribution in [0.5, 0.6) is 0 Å². The number of carboxylic acids is 1. The molecule has 4 N–H and O–H groups in total. The van der Waals surface area contributed by atoms with Gasteiger partial charge in [0.2, 0.25) is 5.91 Å². The van der Waals surface area contributed by atoms with Gasteiger partial charge in [-0.15, -0.1) is 11.8 Å². The predicted octanol–water partition coefficient (Wildman–Crippen LogP) is 6.48. The number of non-ortho nitro benzene ring substituents is 1. The first-order valence-electron chi connectivity index (χ1n) is 13.2. The monoisotopic (exact) mass is 644 g/mol.